The van der Waals surface area contributed by atoms with E-state index in [9.17, 15) is 18.0 Å². The minimum atomic E-state index is -3.92. The lowest BCUT2D eigenvalue weighted by molar-refractivity contribution is -0.116. The van der Waals surface area contributed by atoms with Crippen molar-refractivity contribution in [3.63, 3.8) is 0 Å². The number of nitrogens with one attached hydrogen (secondary N) is 2. The number of benzene rings is 2. The van der Waals surface area contributed by atoms with Crippen LogP contribution in [0.15, 0.2) is 47.4 Å². The van der Waals surface area contributed by atoms with Crippen LogP contribution < -0.4 is 15.8 Å². The fourth-order valence-electron chi connectivity index (χ4n) is 2.76. The zero-order valence-corrected chi connectivity index (χ0v) is 17.9. The highest BCUT2D eigenvalue weighted by molar-refractivity contribution is 7.92. The van der Waals surface area contributed by atoms with Crippen molar-refractivity contribution < 1.29 is 22.7 Å². The van der Waals surface area contributed by atoms with Gasteiger partial charge in [0.15, 0.2) is 0 Å². The van der Waals surface area contributed by atoms with Gasteiger partial charge in [0.25, 0.3) is 10.0 Å². The highest BCUT2D eigenvalue weighted by Gasteiger charge is 2.20. The summed E-state index contributed by atoms with van der Waals surface area (Å²) in [6.07, 6.45) is 3.09. The summed E-state index contributed by atoms with van der Waals surface area (Å²) in [7, 11) is -2.73. The average Bonchev–Trinajstić information content (AvgIpc) is 2.73. The summed E-state index contributed by atoms with van der Waals surface area (Å²) in [6, 6.07) is 10.9. The van der Waals surface area contributed by atoms with Gasteiger partial charge >= 0.3 is 5.97 Å². The fraction of sp³-hybridized carbons (Fsp3) is 0.333. The Morgan fingerprint density at radius 1 is 1.10 bits per heavy atom. The molecule has 2 aromatic rings. The third-order valence-corrected chi connectivity index (χ3v) is 5.76. The van der Waals surface area contributed by atoms with Crippen molar-refractivity contribution >= 4 is 33.3 Å². The van der Waals surface area contributed by atoms with E-state index >= 15 is 0 Å². The Labute approximate surface area is 176 Å². The molecule has 0 aliphatic heterocycles. The molecule has 0 heterocycles. The van der Waals surface area contributed by atoms with Crippen molar-refractivity contribution in [3.05, 3.63) is 53.6 Å². The molecular formula is C21H27N3O5S. The van der Waals surface area contributed by atoms with Crippen molar-refractivity contribution in [1.29, 1.82) is 0 Å². The minimum Gasteiger partial charge on any atom is -0.465 e. The summed E-state index contributed by atoms with van der Waals surface area (Å²) in [5, 5.41) is 2.60. The molecule has 0 saturated carbocycles. The topological polar surface area (TPSA) is 128 Å². The number of anilines is 2. The molecule has 0 aliphatic rings. The Bertz CT molecular complexity index is 988. The first kappa shape index (κ1) is 23.4. The molecule has 2 aromatic carbocycles. The standard InChI is InChI=1S/C21H27N3O5S/c1-3-4-5-15-6-9-17(10-7-15)30(27,28)24-19-11-8-16(23-20(25)12-13-22)14-18(19)21(26)29-2/h6-11,14,24H,3-5,12-13,22H2,1-2H3,(H,23,25). The van der Waals surface area contributed by atoms with Gasteiger partial charge in [0, 0.05) is 18.7 Å². The lowest BCUT2D eigenvalue weighted by Gasteiger charge is -2.14. The first-order valence-corrected chi connectivity index (χ1v) is 11.1. The second-order valence-corrected chi connectivity index (χ2v) is 8.37. The van der Waals surface area contributed by atoms with E-state index < -0.39 is 16.0 Å². The first-order valence-electron chi connectivity index (χ1n) is 9.64. The number of aryl methyl sites for hydroxylation is 1. The number of hydrogen-bond acceptors (Lipinski definition) is 6. The van der Waals surface area contributed by atoms with Crippen molar-refractivity contribution in [1.82, 2.24) is 0 Å². The van der Waals surface area contributed by atoms with Gasteiger partial charge in [-0.15, -0.1) is 0 Å². The van der Waals surface area contributed by atoms with E-state index in [1.165, 1.54) is 37.4 Å². The summed E-state index contributed by atoms with van der Waals surface area (Å²) in [4.78, 5) is 24.0. The molecule has 0 unspecified atom stereocenters. The lowest BCUT2D eigenvalue weighted by atomic mass is 10.1. The molecule has 0 spiro atoms. The van der Waals surface area contributed by atoms with Crippen molar-refractivity contribution in [2.24, 2.45) is 5.73 Å². The molecule has 0 atom stereocenters. The zero-order chi connectivity index (χ0) is 22.1. The first-order chi connectivity index (χ1) is 14.3. The molecule has 0 fully saturated rings. The minimum absolute atomic E-state index is 0.0220. The predicted molar refractivity (Wildman–Crippen MR) is 116 cm³/mol. The van der Waals surface area contributed by atoms with Gasteiger partial charge in [0.05, 0.1) is 23.3 Å². The molecule has 0 radical (unpaired) electrons. The number of sulfonamides is 1. The highest BCUT2D eigenvalue weighted by atomic mass is 32.2. The van der Waals surface area contributed by atoms with Gasteiger partial charge in [0.1, 0.15) is 0 Å². The summed E-state index contributed by atoms with van der Waals surface area (Å²) in [6.45, 7) is 2.28. The summed E-state index contributed by atoms with van der Waals surface area (Å²) in [5.41, 5.74) is 6.77. The molecule has 8 nitrogen and oxygen atoms in total. The largest absolute Gasteiger partial charge is 0.465 e. The molecular weight excluding hydrogens is 406 g/mol. The van der Waals surface area contributed by atoms with Crippen LogP contribution in [0.3, 0.4) is 0 Å². The zero-order valence-electron chi connectivity index (χ0n) is 17.1. The second kappa shape index (κ2) is 10.7. The summed E-state index contributed by atoms with van der Waals surface area (Å²) >= 11 is 0. The third kappa shape index (κ3) is 6.30. The van der Waals surface area contributed by atoms with E-state index in [0.717, 1.165) is 24.8 Å². The van der Waals surface area contributed by atoms with Crippen LogP contribution in [-0.4, -0.2) is 33.9 Å². The number of amides is 1. The molecule has 30 heavy (non-hydrogen) atoms. The van der Waals surface area contributed by atoms with Crippen LogP contribution in [0.2, 0.25) is 0 Å². The van der Waals surface area contributed by atoms with Crippen LogP contribution in [0, 0.1) is 0 Å². The molecule has 9 heteroatoms. The quantitative estimate of drug-likeness (QED) is 0.494. The van der Waals surface area contributed by atoms with E-state index in [2.05, 4.69) is 17.0 Å². The number of hydrogen-bond donors (Lipinski definition) is 3. The SMILES string of the molecule is CCCCc1ccc(S(=O)(=O)Nc2ccc(NC(=O)CCN)cc2C(=O)OC)cc1. The van der Waals surface area contributed by atoms with Crippen LogP contribution in [-0.2, 0) is 26.0 Å². The average molecular weight is 434 g/mol. The Hall–Kier alpha value is -2.91. The van der Waals surface area contributed by atoms with E-state index in [0.29, 0.717) is 5.69 Å². The Morgan fingerprint density at radius 2 is 1.80 bits per heavy atom. The number of rotatable bonds is 10. The van der Waals surface area contributed by atoms with Crippen molar-refractivity contribution in [2.45, 2.75) is 37.5 Å². The maximum Gasteiger partial charge on any atom is 0.340 e. The van der Waals surface area contributed by atoms with Crippen LogP contribution in [0.1, 0.15) is 42.1 Å². The molecule has 1 amide bonds. The van der Waals surface area contributed by atoms with Gasteiger partial charge < -0.3 is 15.8 Å². The van der Waals surface area contributed by atoms with Gasteiger partial charge in [-0.05, 0) is 48.7 Å². The van der Waals surface area contributed by atoms with Crippen LogP contribution in [0.25, 0.3) is 0 Å². The number of nitrogens with two attached hydrogens (primary N) is 1. The van der Waals surface area contributed by atoms with Gasteiger partial charge in [-0.25, -0.2) is 13.2 Å². The van der Waals surface area contributed by atoms with E-state index in [1.807, 2.05) is 0 Å². The molecule has 0 aliphatic carbocycles. The third-order valence-electron chi connectivity index (χ3n) is 4.38. The maximum atomic E-state index is 12.8. The number of unbranched alkanes of at least 4 members (excludes halogenated alkanes) is 1. The van der Waals surface area contributed by atoms with E-state index in [-0.39, 0.29) is 35.0 Å². The van der Waals surface area contributed by atoms with E-state index in [4.69, 9.17) is 10.5 Å². The molecule has 162 valence electrons. The Morgan fingerprint density at radius 3 is 2.40 bits per heavy atom. The van der Waals surface area contributed by atoms with Crippen LogP contribution >= 0.6 is 0 Å². The second-order valence-electron chi connectivity index (χ2n) is 6.69. The Kier molecular flexibility index (Phi) is 8.37. The monoisotopic (exact) mass is 433 g/mol. The molecule has 2 rings (SSSR count). The highest BCUT2D eigenvalue weighted by Crippen LogP contribution is 2.25. The summed E-state index contributed by atoms with van der Waals surface area (Å²) < 4.78 is 32.8. The van der Waals surface area contributed by atoms with Gasteiger partial charge in [-0.3, -0.25) is 9.52 Å². The Balaban J connectivity index is 2.28. The number of methoxy groups -OCH3 is 1. The number of carbonyl (C=O) groups excluding carboxylic acids is 2. The van der Waals surface area contributed by atoms with Gasteiger partial charge in [-0.2, -0.15) is 0 Å². The smallest absolute Gasteiger partial charge is 0.340 e. The normalized spacial score (nSPS) is 11.0. The molecule has 0 aromatic heterocycles. The van der Waals surface area contributed by atoms with Crippen molar-refractivity contribution in [3.8, 4) is 0 Å². The van der Waals surface area contributed by atoms with Gasteiger partial charge in [-0.1, -0.05) is 25.5 Å². The lowest BCUT2D eigenvalue weighted by Crippen LogP contribution is -2.18. The number of ether oxygens (including phenoxy) is 1. The predicted octanol–water partition coefficient (Wildman–Crippen LogP) is 2.90. The molecule has 0 saturated heterocycles. The van der Waals surface area contributed by atoms with Crippen molar-refractivity contribution in [2.75, 3.05) is 23.7 Å². The van der Waals surface area contributed by atoms with Gasteiger partial charge in [0.2, 0.25) is 5.91 Å². The fourth-order valence-corrected chi connectivity index (χ4v) is 3.84. The molecule has 4 N–H and O–H groups in total. The maximum absolute atomic E-state index is 12.8. The van der Waals surface area contributed by atoms with Crippen LogP contribution in [0.5, 0.6) is 0 Å². The van der Waals surface area contributed by atoms with Crippen LogP contribution in [0.4, 0.5) is 11.4 Å². The van der Waals surface area contributed by atoms with E-state index in [1.54, 1.807) is 12.1 Å². The summed E-state index contributed by atoms with van der Waals surface area (Å²) in [5.74, 6) is -1.05. The number of carbonyl (C=O) groups is 2. The number of esters is 1. The molecule has 0 bridgehead atoms.